The van der Waals surface area contributed by atoms with Gasteiger partial charge in [-0.15, -0.1) is 0 Å². The van der Waals surface area contributed by atoms with Gasteiger partial charge in [-0.2, -0.15) is 0 Å². The van der Waals surface area contributed by atoms with Crippen molar-refractivity contribution in [3.05, 3.63) is 66.1 Å². The lowest BCUT2D eigenvalue weighted by Gasteiger charge is -2.32. The van der Waals surface area contributed by atoms with Crippen LogP contribution in [0.4, 0.5) is 15.3 Å². The second kappa shape index (κ2) is 8.62. The Morgan fingerprint density at radius 3 is 2.33 bits per heavy atom. The minimum atomic E-state index is -0.431. The highest BCUT2D eigenvalue weighted by atomic mass is 32.2. The first-order chi connectivity index (χ1) is 14.5. The molecule has 0 aromatic heterocycles. The third-order valence-corrected chi connectivity index (χ3v) is 5.66. The van der Waals surface area contributed by atoms with Gasteiger partial charge in [-0.1, -0.05) is 36.9 Å². The Bertz CT molecular complexity index is 986. The number of piperidine rings is 1. The molecular formula is C22H20N2O5S. The van der Waals surface area contributed by atoms with Crippen molar-refractivity contribution in [1.29, 1.82) is 0 Å². The fraction of sp³-hybridized carbons (Fsp3) is 0.227. The van der Waals surface area contributed by atoms with E-state index in [1.165, 1.54) is 0 Å². The predicted molar refractivity (Wildman–Crippen MR) is 114 cm³/mol. The third-order valence-electron chi connectivity index (χ3n) is 4.88. The molecule has 3 amide bonds. The molecule has 2 aliphatic rings. The van der Waals surface area contributed by atoms with Crippen molar-refractivity contribution in [2.75, 3.05) is 18.0 Å². The van der Waals surface area contributed by atoms with Crippen molar-refractivity contribution in [3.63, 3.8) is 0 Å². The summed E-state index contributed by atoms with van der Waals surface area (Å²) in [7, 11) is 0. The number of nitrogens with zero attached hydrogens (tertiary/aromatic N) is 2. The molecule has 154 valence electrons. The van der Waals surface area contributed by atoms with Gasteiger partial charge >= 0.3 is 6.09 Å². The topological polar surface area (TPSA) is 76.2 Å². The van der Waals surface area contributed by atoms with Gasteiger partial charge in [0.1, 0.15) is 17.6 Å². The Kier molecular flexibility index (Phi) is 5.76. The molecule has 0 spiro atoms. The van der Waals surface area contributed by atoms with Crippen molar-refractivity contribution >= 4 is 34.7 Å². The van der Waals surface area contributed by atoms with E-state index >= 15 is 0 Å². The van der Waals surface area contributed by atoms with Crippen LogP contribution in [-0.2, 0) is 4.79 Å². The van der Waals surface area contributed by atoms with Crippen molar-refractivity contribution in [2.45, 2.75) is 18.9 Å². The standard InChI is InChI=1S/C22H20N2O5S/c1-15-20(25)24(22(27)30-15)18-9-5-6-10-19(18)28-17-11-13-23(14-12-17)21(26)29-16-7-3-2-4-8-16/h2-10,17H,1,11-14H2. The van der Waals surface area contributed by atoms with Gasteiger partial charge in [-0.3, -0.25) is 9.59 Å². The number of hydrogen-bond donors (Lipinski definition) is 0. The fourth-order valence-corrected chi connectivity index (χ4v) is 4.00. The van der Waals surface area contributed by atoms with Crippen LogP contribution >= 0.6 is 11.8 Å². The van der Waals surface area contributed by atoms with Crippen LogP contribution in [0.3, 0.4) is 0 Å². The molecule has 0 aliphatic carbocycles. The number of benzene rings is 2. The van der Waals surface area contributed by atoms with Gasteiger partial charge in [0.25, 0.3) is 11.1 Å². The van der Waals surface area contributed by atoms with Crippen LogP contribution in [0.15, 0.2) is 66.1 Å². The van der Waals surface area contributed by atoms with E-state index in [-0.39, 0.29) is 22.3 Å². The molecule has 2 heterocycles. The first-order valence-electron chi connectivity index (χ1n) is 9.55. The molecule has 7 nitrogen and oxygen atoms in total. The maximum absolute atomic E-state index is 12.3. The van der Waals surface area contributed by atoms with Crippen LogP contribution < -0.4 is 14.4 Å². The zero-order chi connectivity index (χ0) is 21.1. The molecule has 0 bridgehead atoms. The molecule has 0 saturated carbocycles. The van der Waals surface area contributed by atoms with E-state index in [4.69, 9.17) is 9.47 Å². The molecular weight excluding hydrogens is 404 g/mol. The highest BCUT2D eigenvalue weighted by molar-refractivity contribution is 8.18. The van der Waals surface area contributed by atoms with E-state index in [2.05, 4.69) is 6.58 Å². The Morgan fingerprint density at radius 2 is 1.67 bits per heavy atom. The summed E-state index contributed by atoms with van der Waals surface area (Å²) in [6.45, 7) is 4.61. The number of anilines is 1. The molecule has 2 aromatic rings. The number of para-hydroxylation sites is 3. The van der Waals surface area contributed by atoms with Gasteiger partial charge in [0.2, 0.25) is 0 Å². The van der Waals surface area contributed by atoms with Gasteiger partial charge in [0.15, 0.2) is 0 Å². The number of carbonyl (C=O) groups excluding carboxylic acids is 3. The van der Waals surface area contributed by atoms with Crippen molar-refractivity contribution < 1.29 is 23.9 Å². The summed E-state index contributed by atoms with van der Waals surface area (Å²) in [4.78, 5) is 39.8. The highest BCUT2D eigenvalue weighted by Gasteiger charge is 2.37. The van der Waals surface area contributed by atoms with E-state index in [0.29, 0.717) is 43.1 Å². The minimum Gasteiger partial charge on any atom is -0.488 e. The molecule has 0 N–H and O–H groups in total. The normalized spacial score (nSPS) is 17.4. The Balaban J connectivity index is 1.38. The van der Waals surface area contributed by atoms with Crippen molar-refractivity contribution in [2.24, 2.45) is 0 Å². The molecule has 30 heavy (non-hydrogen) atoms. The van der Waals surface area contributed by atoms with Crippen LogP contribution in [0.1, 0.15) is 12.8 Å². The first-order valence-corrected chi connectivity index (χ1v) is 10.4. The second-order valence-electron chi connectivity index (χ2n) is 6.88. The number of thioether (sulfide) groups is 1. The first kappa shape index (κ1) is 20.0. The zero-order valence-corrected chi connectivity index (χ0v) is 17.0. The predicted octanol–water partition coefficient (Wildman–Crippen LogP) is 4.44. The van der Waals surface area contributed by atoms with Crippen LogP contribution in [0.25, 0.3) is 0 Å². The molecule has 2 saturated heterocycles. The summed E-state index contributed by atoms with van der Waals surface area (Å²) in [5, 5.41) is -0.389. The van der Waals surface area contributed by atoms with E-state index in [0.717, 1.165) is 16.7 Å². The van der Waals surface area contributed by atoms with E-state index < -0.39 is 5.91 Å². The number of imide groups is 1. The Morgan fingerprint density at radius 1 is 1.00 bits per heavy atom. The van der Waals surface area contributed by atoms with Gasteiger partial charge in [0.05, 0.1) is 10.6 Å². The average molecular weight is 424 g/mol. The molecule has 0 unspecified atom stereocenters. The summed E-state index contributed by atoms with van der Waals surface area (Å²) in [6, 6.07) is 15.9. The fourth-order valence-electron chi connectivity index (χ4n) is 3.34. The van der Waals surface area contributed by atoms with Gasteiger partial charge in [-0.25, -0.2) is 9.69 Å². The number of ether oxygens (including phenoxy) is 2. The molecule has 2 aliphatic heterocycles. The van der Waals surface area contributed by atoms with Crippen LogP contribution in [0.2, 0.25) is 0 Å². The molecule has 0 radical (unpaired) electrons. The molecule has 2 fully saturated rings. The van der Waals surface area contributed by atoms with Gasteiger partial charge in [0, 0.05) is 25.9 Å². The number of carbonyl (C=O) groups is 3. The van der Waals surface area contributed by atoms with Gasteiger partial charge in [-0.05, 0) is 36.0 Å². The Labute approximate surface area is 178 Å². The summed E-state index contributed by atoms with van der Waals surface area (Å²) < 4.78 is 11.5. The number of likely N-dealkylation sites (tertiary alicyclic amines) is 1. The van der Waals surface area contributed by atoms with Gasteiger partial charge < -0.3 is 14.4 Å². The second-order valence-corrected chi connectivity index (χ2v) is 7.93. The maximum atomic E-state index is 12.3. The largest absolute Gasteiger partial charge is 0.488 e. The van der Waals surface area contributed by atoms with Crippen LogP contribution in [0.5, 0.6) is 11.5 Å². The number of rotatable bonds is 4. The third kappa shape index (κ3) is 4.18. The number of hydrogen-bond acceptors (Lipinski definition) is 6. The quantitative estimate of drug-likeness (QED) is 0.676. The maximum Gasteiger partial charge on any atom is 0.415 e. The zero-order valence-electron chi connectivity index (χ0n) is 16.2. The SMILES string of the molecule is C=C1SC(=O)N(c2ccccc2OC2CCN(C(=O)Oc3ccccc3)CC2)C1=O. The van der Waals surface area contributed by atoms with Crippen LogP contribution in [0, 0.1) is 0 Å². The summed E-state index contributed by atoms with van der Waals surface area (Å²) >= 11 is 0.820. The molecule has 4 rings (SSSR count). The van der Waals surface area contributed by atoms with E-state index in [1.807, 2.05) is 18.2 Å². The van der Waals surface area contributed by atoms with E-state index in [9.17, 15) is 14.4 Å². The van der Waals surface area contributed by atoms with Crippen molar-refractivity contribution in [1.82, 2.24) is 4.90 Å². The summed E-state index contributed by atoms with van der Waals surface area (Å²) in [5.41, 5.74) is 0.407. The molecule has 2 aromatic carbocycles. The average Bonchev–Trinajstić information content (AvgIpc) is 3.01. The smallest absolute Gasteiger partial charge is 0.415 e. The monoisotopic (exact) mass is 424 g/mol. The lowest BCUT2D eigenvalue weighted by atomic mass is 10.1. The lowest BCUT2D eigenvalue weighted by molar-refractivity contribution is -0.113. The number of amides is 3. The summed E-state index contributed by atoms with van der Waals surface area (Å²) in [5.74, 6) is 0.536. The molecule has 8 heteroatoms. The minimum absolute atomic E-state index is 0.143. The van der Waals surface area contributed by atoms with Crippen LogP contribution in [-0.4, -0.2) is 41.3 Å². The highest BCUT2D eigenvalue weighted by Crippen LogP contribution is 2.38. The Hall–Kier alpha value is -3.26. The van der Waals surface area contributed by atoms with E-state index in [1.54, 1.807) is 41.3 Å². The van der Waals surface area contributed by atoms with Crippen molar-refractivity contribution in [3.8, 4) is 11.5 Å². The molecule has 0 atom stereocenters. The lowest BCUT2D eigenvalue weighted by Crippen LogP contribution is -2.43. The summed E-state index contributed by atoms with van der Waals surface area (Å²) in [6.07, 6.45) is 0.697.